The van der Waals surface area contributed by atoms with Crippen molar-refractivity contribution in [1.29, 1.82) is 5.26 Å². The number of nitrogens with two attached hydrogens (primary N) is 1. The van der Waals surface area contributed by atoms with Crippen LogP contribution in [0.25, 0.3) is 0 Å². The summed E-state index contributed by atoms with van der Waals surface area (Å²) in [5.74, 6) is -0.279. The zero-order valence-electron chi connectivity index (χ0n) is 19.6. The van der Waals surface area contributed by atoms with Crippen LogP contribution in [-0.2, 0) is 10.2 Å². The van der Waals surface area contributed by atoms with E-state index in [9.17, 15) is 10.1 Å². The summed E-state index contributed by atoms with van der Waals surface area (Å²) in [4.78, 5) is 13.5. The molecule has 3 N–H and O–H groups in total. The number of ketones is 1. The number of nitrogens with one attached hydrogen (secondary N) is 1. The molecule has 33 heavy (non-hydrogen) atoms. The fourth-order valence-corrected chi connectivity index (χ4v) is 5.43. The maximum atomic E-state index is 13.5. The molecular formula is C27H33Cl2N3O. The van der Waals surface area contributed by atoms with Gasteiger partial charge in [0, 0.05) is 28.4 Å². The molecule has 4 atom stereocenters. The Morgan fingerprint density at radius 3 is 2.39 bits per heavy atom. The summed E-state index contributed by atoms with van der Waals surface area (Å²) in [5, 5.41) is 15.7. The highest BCUT2D eigenvalue weighted by Crippen LogP contribution is 2.51. The van der Waals surface area contributed by atoms with Crippen molar-refractivity contribution in [2.45, 2.75) is 69.9 Å². The Kier molecular flexibility index (Phi) is 8.24. The minimum atomic E-state index is -0.962. The van der Waals surface area contributed by atoms with Crippen LogP contribution in [0.4, 0.5) is 0 Å². The summed E-state index contributed by atoms with van der Waals surface area (Å²) in [7, 11) is 0. The summed E-state index contributed by atoms with van der Waals surface area (Å²) in [6.45, 7) is 7.03. The van der Waals surface area contributed by atoms with Gasteiger partial charge in [-0.05, 0) is 66.6 Å². The van der Waals surface area contributed by atoms with E-state index in [4.69, 9.17) is 28.9 Å². The van der Waals surface area contributed by atoms with E-state index in [0.717, 1.165) is 30.4 Å². The van der Waals surface area contributed by atoms with Crippen LogP contribution in [0.5, 0.6) is 0 Å². The molecule has 4 nitrogen and oxygen atoms in total. The SMILES string of the molecule is CC(C)(C)C[C@@H]1N[C@@H](C(=O)CCCCN)[C@H](c2cccc(Cl)c2)[C@@]1(C#N)c1ccc(Cl)cc1. The van der Waals surface area contributed by atoms with Gasteiger partial charge in [0.15, 0.2) is 0 Å². The summed E-state index contributed by atoms with van der Waals surface area (Å²) in [6, 6.07) is 17.0. The molecule has 0 amide bonds. The molecule has 0 unspecified atom stereocenters. The van der Waals surface area contributed by atoms with Gasteiger partial charge in [-0.1, -0.05) is 68.2 Å². The first-order chi connectivity index (χ1) is 15.6. The van der Waals surface area contributed by atoms with E-state index in [0.29, 0.717) is 23.0 Å². The van der Waals surface area contributed by atoms with Gasteiger partial charge >= 0.3 is 0 Å². The van der Waals surface area contributed by atoms with Crippen molar-refractivity contribution in [3.05, 3.63) is 69.7 Å². The van der Waals surface area contributed by atoms with Crippen LogP contribution in [0.15, 0.2) is 48.5 Å². The number of rotatable bonds is 8. The minimum absolute atomic E-state index is 0.0530. The average molecular weight is 486 g/mol. The molecule has 0 aromatic heterocycles. The first-order valence-electron chi connectivity index (χ1n) is 11.5. The van der Waals surface area contributed by atoms with E-state index in [-0.39, 0.29) is 23.2 Å². The highest BCUT2D eigenvalue weighted by atomic mass is 35.5. The van der Waals surface area contributed by atoms with Gasteiger partial charge in [0.25, 0.3) is 0 Å². The van der Waals surface area contributed by atoms with E-state index in [1.165, 1.54) is 0 Å². The van der Waals surface area contributed by atoms with Crippen LogP contribution >= 0.6 is 23.2 Å². The lowest BCUT2D eigenvalue weighted by Gasteiger charge is -2.37. The van der Waals surface area contributed by atoms with Crippen molar-refractivity contribution in [2.24, 2.45) is 11.1 Å². The maximum Gasteiger partial charge on any atom is 0.150 e. The molecular weight excluding hydrogens is 453 g/mol. The summed E-state index contributed by atoms with van der Waals surface area (Å²) in [5.41, 5.74) is 6.39. The van der Waals surface area contributed by atoms with Gasteiger partial charge in [-0.2, -0.15) is 5.26 Å². The predicted octanol–water partition coefficient (Wildman–Crippen LogP) is 6.01. The van der Waals surface area contributed by atoms with E-state index < -0.39 is 11.5 Å². The Labute approximate surface area is 207 Å². The van der Waals surface area contributed by atoms with Crippen molar-refractivity contribution < 1.29 is 4.79 Å². The quantitative estimate of drug-likeness (QED) is 0.448. The Morgan fingerprint density at radius 2 is 1.82 bits per heavy atom. The lowest BCUT2D eigenvalue weighted by Crippen LogP contribution is -2.44. The fourth-order valence-electron chi connectivity index (χ4n) is 5.11. The monoisotopic (exact) mass is 485 g/mol. The van der Waals surface area contributed by atoms with Gasteiger partial charge in [0.05, 0.1) is 12.1 Å². The van der Waals surface area contributed by atoms with E-state index >= 15 is 0 Å². The first kappa shape index (κ1) is 25.7. The summed E-state index contributed by atoms with van der Waals surface area (Å²) >= 11 is 12.6. The summed E-state index contributed by atoms with van der Waals surface area (Å²) < 4.78 is 0. The number of benzene rings is 2. The van der Waals surface area contributed by atoms with Crippen LogP contribution in [0.1, 0.15) is 63.5 Å². The number of nitriles is 1. The molecule has 3 rings (SSSR count). The van der Waals surface area contributed by atoms with Crippen molar-refractivity contribution in [1.82, 2.24) is 5.32 Å². The van der Waals surface area contributed by atoms with Gasteiger partial charge in [-0.25, -0.2) is 0 Å². The van der Waals surface area contributed by atoms with E-state index in [1.54, 1.807) is 0 Å². The van der Waals surface area contributed by atoms with Crippen LogP contribution in [0, 0.1) is 16.7 Å². The number of hydrogen-bond donors (Lipinski definition) is 2. The third-order valence-electron chi connectivity index (χ3n) is 6.51. The Bertz CT molecular complexity index is 1010. The smallest absolute Gasteiger partial charge is 0.150 e. The third kappa shape index (κ3) is 5.61. The van der Waals surface area contributed by atoms with Gasteiger partial charge < -0.3 is 11.1 Å². The van der Waals surface area contributed by atoms with E-state index in [2.05, 4.69) is 32.2 Å². The predicted molar refractivity (Wildman–Crippen MR) is 136 cm³/mol. The topological polar surface area (TPSA) is 78.9 Å². The number of halogens is 2. The average Bonchev–Trinajstić information content (AvgIpc) is 3.07. The Morgan fingerprint density at radius 1 is 1.12 bits per heavy atom. The lowest BCUT2D eigenvalue weighted by atomic mass is 9.62. The van der Waals surface area contributed by atoms with Gasteiger partial charge in [0.1, 0.15) is 11.2 Å². The molecule has 0 spiro atoms. The molecule has 6 heteroatoms. The molecule has 2 aromatic rings. The molecule has 0 aliphatic carbocycles. The molecule has 1 heterocycles. The summed E-state index contributed by atoms with van der Waals surface area (Å²) in [6.07, 6.45) is 2.69. The molecule has 1 aliphatic rings. The van der Waals surface area contributed by atoms with Crippen molar-refractivity contribution in [3.63, 3.8) is 0 Å². The molecule has 0 bridgehead atoms. The van der Waals surface area contributed by atoms with Gasteiger partial charge in [-0.3, -0.25) is 4.79 Å². The zero-order valence-corrected chi connectivity index (χ0v) is 21.1. The second-order valence-corrected chi connectivity index (χ2v) is 11.1. The highest BCUT2D eigenvalue weighted by molar-refractivity contribution is 6.30. The van der Waals surface area contributed by atoms with Crippen LogP contribution in [0.2, 0.25) is 10.0 Å². The van der Waals surface area contributed by atoms with Crippen LogP contribution in [0.3, 0.4) is 0 Å². The number of carbonyl (C=O) groups excluding carboxylic acids is 1. The number of hydrogen-bond acceptors (Lipinski definition) is 4. The standard InChI is InChI=1S/C27H33Cl2N3O/c1-26(2,3)16-23-27(17-31,19-10-12-20(28)13-11-19)24(18-7-6-8-21(29)15-18)25(32-23)22(33)9-4-5-14-30/h6-8,10-13,15,23-25,32H,4-5,9,14,16,30H2,1-3H3/t23-,24-,25-,27-/m0/s1. The second-order valence-electron chi connectivity index (χ2n) is 10.2. The van der Waals surface area contributed by atoms with Gasteiger partial charge in [0.2, 0.25) is 0 Å². The highest BCUT2D eigenvalue weighted by Gasteiger charge is 2.59. The molecule has 0 radical (unpaired) electrons. The molecule has 1 aliphatic heterocycles. The maximum absolute atomic E-state index is 13.5. The largest absolute Gasteiger partial charge is 0.330 e. The van der Waals surface area contributed by atoms with Crippen molar-refractivity contribution >= 4 is 29.0 Å². The normalized spacial score (nSPS) is 25.1. The zero-order chi connectivity index (χ0) is 24.2. The molecule has 1 fully saturated rings. The lowest BCUT2D eigenvalue weighted by molar-refractivity contribution is -0.121. The Balaban J connectivity index is 2.20. The number of carbonyl (C=O) groups is 1. The van der Waals surface area contributed by atoms with Crippen LogP contribution in [-0.4, -0.2) is 24.4 Å². The first-order valence-corrected chi connectivity index (χ1v) is 12.3. The second kappa shape index (κ2) is 10.6. The number of Topliss-reactive ketones (excluding diaryl/α,β-unsaturated/α-hetero) is 1. The van der Waals surface area contributed by atoms with Crippen molar-refractivity contribution in [2.75, 3.05) is 6.54 Å². The van der Waals surface area contributed by atoms with Crippen LogP contribution < -0.4 is 11.1 Å². The molecule has 0 saturated carbocycles. The molecule has 2 aromatic carbocycles. The number of unbranched alkanes of at least 4 members (excludes halogenated alkanes) is 1. The number of nitrogens with zero attached hydrogens (tertiary/aromatic N) is 1. The van der Waals surface area contributed by atoms with Crippen molar-refractivity contribution in [3.8, 4) is 6.07 Å². The molecule has 176 valence electrons. The third-order valence-corrected chi connectivity index (χ3v) is 7.00. The molecule has 1 saturated heterocycles. The fraction of sp³-hybridized carbons (Fsp3) is 0.481. The Hall–Kier alpha value is -1.90. The van der Waals surface area contributed by atoms with Gasteiger partial charge in [-0.15, -0.1) is 0 Å². The minimum Gasteiger partial charge on any atom is -0.330 e. The van der Waals surface area contributed by atoms with E-state index in [1.807, 2.05) is 48.5 Å².